The molecule has 3 rings (SSSR count). The number of anilines is 1. The fourth-order valence-corrected chi connectivity index (χ4v) is 3.60. The minimum atomic E-state index is -4.68. The number of halogens is 4. The van der Waals surface area contributed by atoms with E-state index in [4.69, 9.17) is 4.74 Å². The highest BCUT2D eigenvalue weighted by Crippen LogP contribution is 2.37. The van der Waals surface area contributed by atoms with Crippen molar-refractivity contribution >= 4 is 24.3 Å². The summed E-state index contributed by atoms with van der Waals surface area (Å²) in [6, 6.07) is 11.5. The van der Waals surface area contributed by atoms with E-state index in [1.807, 2.05) is 0 Å². The molecule has 0 saturated carbocycles. The zero-order valence-electron chi connectivity index (χ0n) is 16.9. The number of carbonyl (C=O) groups excluding carboxylic acids is 1. The molecule has 1 amide bonds. The predicted octanol–water partition coefficient (Wildman–Crippen LogP) is 5.72. The van der Waals surface area contributed by atoms with Gasteiger partial charge in [-0.25, -0.2) is 4.39 Å². The van der Waals surface area contributed by atoms with Crippen LogP contribution in [-0.4, -0.2) is 17.5 Å². The third-order valence-corrected chi connectivity index (χ3v) is 5.73. The van der Waals surface area contributed by atoms with Gasteiger partial charge in [0, 0.05) is 17.7 Å². The number of benzene rings is 3. The Morgan fingerprint density at radius 3 is 2.38 bits per heavy atom. The number of hydrogen-bond acceptors (Lipinski definition) is 3. The van der Waals surface area contributed by atoms with E-state index >= 15 is 0 Å². The van der Waals surface area contributed by atoms with Gasteiger partial charge in [-0.1, -0.05) is 6.07 Å². The van der Waals surface area contributed by atoms with Crippen LogP contribution in [0.25, 0.3) is 0 Å². The molecule has 0 saturated heterocycles. The minimum absolute atomic E-state index is 0.0778. The van der Waals surface area contributed by atoms with Gasteiger partial charge in [0.25, 0.3) is 5.91 Å². The number of ether oxygens (including phenoxy) is 1. The quantitative estimate of drug-likeness (QED) is 0.372. The van der Waals surface area contributed by atoms with Gasteiger partial charge in [0.05, 0.1) is 11.1 Å². The third kappa shape index (κ3) is 5.55. The van der Waals surface area contributed by atoms with Crippen LogP contribution < -0.4 is 15.4 Å². The van der Waals surface area contributed by atoms with Crippen molar-refractivity contribution in [2.75, 3.05) is 12.0 Å². The molecule has 10 heteroatoms. The van der Waals surface area contributed by atoms with Gasteiger partial charge in [-0.15, -0.1) is 0 Å². The molecule has 0 heterocycles. The lowest BCUT2D eigenvalue weighted by molar-refractivity contribution is -0.137. The summed E-state index contributed by atoms with van der Waals surface area (Å²) < 4.78 is 70.4. The Bertz CT molecular complexity index is 1220. The van der Waals surface area contributed by atoms with Crippen molar-refractivity contribution in [1.29, 1.82) is 0 Å². The van der Waals surface area contributed by atoms with Crippen molar-refractivity contribution in [2.45, 2.75) is 13.1 Å². The Labute approximate surface area is 181 Å². The molecule has 3 aromatic rings. The van der Waals surface area contributed by atoms with Gasteiger partial charge in [-0.2, -0.15) is 13.2 Å². The molecule has 0 aliphatic carbocycles. The predicted molar refractivity (Wildman–Crippen MR) is 112 cm³/mol. The van der Waals surface area contributed by atoms with Crippen molar-refractivity contribution in [2.24, 2.45) is 0 Å². The molecular formula is C22H18F4NO4P. The monoisotopic (exact) mass is 467 g/mol. The van der Waals surface area contributed by atoms with E-state index in [9.17, 15) is 31.8 Å². The lowest BCUT2D eigenvalue weighted by Crippen LogP contribution is -2.16. The second-order valence-corrected chi connectivity index (χ2v) is 9.38. The van der Waals surface area contributed by atoms with Gasteiger partial charge < -0.3 is 14.9 Å². The van der Waals surface area contributed by atoms with Crippen LogP contribution in [0, 0.1) is 12.7 Å². The molecule has 1 atom stereocenters. The van der Waals surface area contributed by atoms with Crippen LogP contribution in [0.4, 0.5) is 23.2 Å². The highest BCUT2D eigenvalue weighted by molar-refractivity contribution is 7.65. The summed E-state index contributed by atoms with van der Waals surface area (Å²) >= 11 is 0. The lowest BCUT2D eigenvalue weighted by atomic mass is 10.1. The van der Waals surface area contributed by atoms with Gasteiger partial charge in [0.15, 0.2) is 0 Å². The third-order valence-electron chi connectivity index (χ3n) is 4.49. The van der Waals surface area contributed by atoms with Crippen LogP contribution in [0.15, 0.2) is 60.7 Å². The average Bonchev–Trinajstić information content (AvgIpc) is 2.69. The van der Waals surface area contributed by atoms with Crippen molar-refractivity contribution in [1.82, 2.24) is 0 Å². The molecule has 0 aliphatic heterocycles. The number of rotatable bonds is 5. The summed E-state index contributed by atoms with van der Waals surface area (Å²) in [5.41, 5.74) is -0.746. The van der Waals surface area contributed by atoms with Gasteiger partial charge in [-0.3, -0.25) is 9.36 Å². The van der Waals surface area contributed by atoms with Crippen LogP contribution in [0.5, 0.6) is 11.5 Å². The molecule has 0 spiro atoms. The van der Waals surface area contributed by atoms with Gasteiger partial charge in [0.2, 0.25) is 7.37 Å². The average molecular weight is 467 g/mol. The van der Waals surface area contributed by atoms with Gasteiger partial charge in [0.1, 0.15) is 17.3 Å². The van der Waals surface area contributed by atoms with Gasteiger partial charge in [-0.05, 0) is 67.1 Å². The first-order valence-corrected chi connectivity index (χ1v) is 11.3. The van der Waals surface area contributed by atoms with Crippen molar-refractivity contribution in [3.05, 3.63) is 83.2 Å². The summed E-state index contributed by atoms with van der Waals surface area (Å²) in [6.45, 7) is 2.65. The molecule has 0 bridgehead atoms. The summed E-state index contributed by atoms with van der Waals surface area (Å²) in [5, 5.41) is 2.58. The van der Waals surface area contributed by atoms with E-state index in [-0.39, 0.29) is 28.1 Å². The van der Waals surface area contributed by atoms with E-state index in [1.165, 1.54) is 37.3 Å². The SMILES string of the molecule is Cc1cc(F)ccc1Oc1cc(C(F)(F)F)ccc1C(=O)Nc1cccc(P(C)(=O)O)c1. The molecular weight excluding hydrogens is 449 g/mol. The first-order chi connectivity index (χ1) is 14.8. The number of nitrogens with one attached hydrogen (secondary N) is 1. The summed E-state index contributed by atoms with van der Waals surface area (Å²) in [6.07, 6.45) is -4.68. The topological polar surface area (TPSA) is 75.6 Å². The standard InChI is InChI=1S/C22H18F4NO4P/c1-13-10-15(23)7-9-19(13)31-20-11-14(22(24,25)26)6-8-18(20)21(28)27-16-4-3-5-17(12-16)32(2,29)30/h3-12H,1-2H3,(H,27,28)(H,29,30). The zero-order chi connectivity index (χ0) is 23.7. The summed E-state index contributed by atoms with van der Waals surface area (Å²) in [4.78, 5) is 22.5. The second kappa shape index (κ2) is 8.76. The van der Waals surface area contributed by atoms with Crippen LogP contribution in [0.1, 0.15) is 21.5 Å². The van der Waals surface area contributed by atoms with Crippen LogP contribution >= 0.6 is 7.37 Å². The Balaban J connectivity index is 1.99. The number of alkyl halides is 3. The van der Waals surface area contributed by atoms with E-state index in [2.05, 4.69) is 5.32 Å². The minimum Gasteiger partial charge on any atom is -0.456 e. The van der Waals surface area contributed by atoms with E-state index in [1.54, 1.807) is 0 Å². The highest BCUT2D eigenvalue weighted by atomic mass is 31.2. The van der Waals surface area contributed by atoms with Crippen molar-refractivity contribution in [3.63, 3.8) is 0 Å². The first kappa shape index (κ1) is 23.5. The van der Waals surface area contributed by atoms with Crippen LogP contribution in [-0.2, 0) is 10.7 Å². The zero-order valence-corrected chi connectivity index (χ0v) is 17.8. The maximum Gasteiger partial charge on any atom is 0.416 e. The Morgan fingerprint density at radius 2 is 1.75 bits per heavy atom. The molecule has 168 valence electrons. The van der Waals surface area contributed by atoms with Gasteiger partial charge >= 0.3 is 6.18 Å². The van der Waals surface area contributed by atoms with Crippen LogP contribution in [0.3, 0.4) is 0 Å². The maximum atomic E-state index is 13.4. The first-order valence-electron chi connectivity index (χ1n) is 9.22. The van der Waals surface area contributed by atoms with Crippen LogP contribution in [0.2, 0.25) is 0 Å². The Hall–Kier alpha value is -3.16. The second-order valence-electron chi connectivity index (χ2n) is 7.10. The Morgan fingerprint density at radius 1 is 1.03 bits per heavy atom. The van der Waals surface area contributed by atoms with Crippen molar-refractivity contribution in [3.8, 4) is 11.5 Å². The summed E-state index contributed by atoms with van der Waals surface area (Å²) in [5.74, 6) is -1.65. The van der Waals surface area contributed by atoms with Crippen molar-refractivity contribution < 1.29 is 36.6 Å². The lowest BCUT2D eigenvalue weighted by Gasteiger charge is -2.16. The van der Waals surface area contributed by atoms with E-state index < -0.39 is 30.8 Å². The van der Waals surface area contributed by atoms with E-state index in [0.29, 0.717) is 11.6 Å². The molecule has 0 aliphatic rings. The Kier molecular flexibility index (Phi) is 6.44. The maximum absolute atomic E-state index is 13.4. The number of carbonyl (C=O) groups is 1. The number of amides is 1. The smallest absolute Gasteiger partial charge is 0.416 e. The fraction of sp³-hybridized carbons (Fsp3) is 0.136. The molecule has 1 unspecified atom stereocenters. The molecule has 2 N–H and O–H groups in total. The fourth-order valence-electron chi connectivity index (χ4n) is 2.86. The molecule has 0 fully saturated rings. The normalized spacial score (nSPS) is 13.3. The molecule has 5 nitrogen and oxygen atoms in total. The molecule has 3 aromatic carbocycles. The molecule has 0 radical (unpaired) electrons. The number of aryl methyl sites for hydroxylation is 1. The molecule has 0 aromatic heterocycles. The highest BCUT2D eigenvalue weighted by Gasteiger charge is 2.32. The number of hydrogen-bond donors (Lipinski definition) is 2. The largest absolute Gasteiger partial charge is 0.456 e. The summed E-state index contributed by atoms with van der Waals surface area (Å²) in [7, 11) is -3.58. The van der Waals surface area contributed by atoms with E-state index in [0.717, 1.165) is 30.9 Å². The molecule has 32 heavy (non-hydrogen) atoms.